The zero-order valence-corrected chi connectivity index (χ0v) is 20.7. The number of hydrogen-bond acceptors (Lipinski definition) is 5. The number of hydrazone groups is 1. The summed E-state index contributed by atoms with van der Waals surface area (Å²) in [6, 6.07) is 26.9. The molecule has 0 atom stereocenters. The molecule has 5 nitrogen and oxygen atoms in total. The highest BCUT2D eigenvalue weighted by atomic mass is 16.5. The third-order valence-corrected chi connectivity index (χ3v) is 6.33. The number of methoxy groups -OCH3 is 2. The lowest BCUT2D eigenvalue weighted by molar-refractivity contribution is 0.355. The van der Waals surface area contributed by atoms with E-state index in [0.29, 0.717) is 17.3 Å². The number of nitrogens with zero attached hydrogens (tertiary/aromatic N) is 2. The molecule has 1 aliphatic heterocycles. The smallest absolute Gasteiger partial charge is 0.161 e. The lowest BCUT2D eigenvalue weighted by atomic mass is 9.86. The average molecular weight is 464 g/mol. The van der Waals surface area contributed by atoms with Crippen molar-refractivity contribution in [2.24, 2.45) is 10.1 Å². The zero-order valence-electron chi connectivity index (χ0n) is 20.7. The van der Waals surface area contributed by atoms with Gasteiger partial charge < -0.3 is 9.47 Å². The first kappa shape index (κ1) is 22.7. The van der Waals surface area contributed by atoms with Crippen LogP contribution in [0.2, 0.25) is 0 Å². The van der Waals surface area contributed by atoms with Gasteiger partial charge in [-0.25, -0.2) is 4.99 Å². The molecule has 0 radical (unpaired) electrons. The van der Waals surface area contributed by atoms with Gasteiger partial charge in [-0.15, -0.1) is 0 Å². The minimum atomic E-state index is 0.0821. The van der Waals surface area contributed by atoms with Crippen LogP contribution in [0.25, 0.3) is 10.8 Å². The van der Waals surface area contributed by atoms with Crippen molar-refractivity contribution in [2.75, 3.05) is 14.2 Å². The molecule has 0 unspecified atom stereocenters. The fourth-order valence-electron chi connectivity index (χ4n) is 4.33. The Labute approximate surface area is 206 Å². The van der Waals surface area contributed by atoms with Crippen molar-refractivity contribution in [3.8, 4) is 11.5 Å². The van der Waals surface area contributed by atoms with E-state index >= 15 is 0 Å². The molecule has 5 rings (SSSR count). The van der Waals surface area contributed by atoms with Gasteiger partial charge in [0.15, 0.2) is 17.3 Å². The Bertz CT molecular complexity index is 1460. The third kappa shape index (κ3) is 4.26. The molecule has 4 aromatic carbocycles. The predicted octanol–water partition coefficient (Wildman–Crippen LogP) is 6.59. The first-order valence-corrected chi connectivity index (χ1v) is 11.7. The monoisotopic (exact) mass is 463 g/mol. The summed E-state index contributed by atoms with van der Waals surface area (Å²) in [5, 5.41) is 7.05. The predicted molar refractivity (Wildman–Crippen MR) is 144 cm³/mol. The summed E-state index contributed by atoms with van der Waals surface area (Å²) in [4.78, 5) is 5.12. The number of amidine groups is 1. The Hall–Kier alpha value is -4.12. The summed E-state index contributed by atoms with van der Waals surface area (Å²) in [5.41, 5.74) is 9.12. The van der Waals surface area contributed by atoms with E-state index in [1.807, 2.05) is 30.3 Å². The number of benzene rings is 4. The molecular formula is C30H29N3O2. The molecule has 1 N–H and O–H groups in total. The van der Waals surface area contributed by atoms with Crippen LogP contribution in [-0.2, 0) is 5.41 Å². The van der Waals surface area contributed by atoms with E-state index in [1.165, 1.54) is 5.56 Å². The van der Waals surface area contributed by atoms with E-state index in [4.69, 9.17) is 19.6 Å². The highest BCUT2D eigenvalue weighted by Crippen LogP contribution is 2.36. The fraction of sp³-hybridized carbons (Fsp3) is 0.200. The van der Waals surface area contributed by atoms with Gasteiger partial charge in [0.1, 0.15) is 5.71 Å². The van der Waals surface area contributed by atoms with Gasteiger partial charge in [0.25, 0.3) is 0 Å². The third-order valence-electron chi connectivity index (χ3n) is 6.33. The van der Waals surface area contributed by atoms with Gasteiger partial charge in [0, 0.05) is 22.1 Å². The molecule has 0 saturated heterocycles. The normalized spacial score (nSPS) is 13.3. The fourth-order valence-corrected chi connectivity index (χ4v) is 4.33. The number of aliphatic imine (C=N–C) groups is 1. The van der Waals surface area contributed by atoms with E-state index in [9.17, 15) is 0 Å². The second-order valence-corrected chi connectivity index (χ2v) is 9.61. The zero-order chi connectivity index (χ0) is 24.6. The molecule has 176 valence electrons. The molecule has 0 bridgehead atoms. The minimum absolute atomic E-state index is 0.0821. The highest BCUT2D eigenvalue weighted by molar-refractivity contribution is 6.21. The maximum atomic E-state index is 5.56. The molecule has 5 heteroatoms. The summed E-state index contributed by atoms with van der Waals surface area (Å²) < 4.78 is 11.0. The molecule has 35 heavy (non-hydrogen) atoms. The number of nitrogens with one attached hydrogen (secondary N) is 1. The van der Waals surface area contributed by atoms with Gasteiger partial charge in [0.05, 0.1) is 19.9 Å². The van der Waals surface area contributed by atoms with Crippen LogP contribution in [-0.4, -0.2) is 25.8 Å². The number of hydrogen-bond donors (Lipinski definition) is 1. The van der Waals surface area contributed by atoms with Crippen LogP contribution in [0.15, 0.2) is 89.0 Å². The SMILES string of the molecule is COc1ccc(C2=NNC(c3ccc(C(C)(C)C)cc3)=Nc3c2ccc2ccccc32)cc1OC. The molecular weight excluding hydrogens is 434 g/mol. The Balaban J connectivity index is 1.69. The van der Waals surface area contributed by atoms with Gasteiger partial charge in [-0.2, -0.15) is 5.10 Å². The van der Waals surface area contributed by atoms with E-state index in [1.54, 1.807) is 14.2 Å². The van der Waals surface area contributed by atoms with Crippen LogP contribution >= 0.6 is 0 Å². The highest BCUT2D eigenvalue weighted by Gasteiger charge is 2.21. The van der Waals surface area contributed by atoms with Crippen LogP contribution in [0.4, 0.5) is 5.69 Å². The summed E-state index contributed by atoms with van der Waals surface area (Å²) in [6.07, 6.45) is 0. The number of rotatable bonds is 4. The van der Waals surface area contributed by atoms with Crippen molar-refractivity contribution in [1.82, 2.24) is 5.43 Å². The van der Waals surface area contributed by atoms with Gasteiger partial charge in [0.2, 0.25) is 0 Å². The van der Waals surface area contributed by atoms with Crippen molar-refractivity contribution in [2.45, 2.75) is 26.2 Å². The van der Waals surface area contributed by atoms with Crippen molar-refractivity contribution in [3.63, 3.8) is 0 Å². The molecule has 0 fully saturated rings. The van der Waals surface area contributed by atoms with E-state index in [0.717, 1.165) is 38.9 Å². The quantitative estimate of drug-likeness (QED) is 0.371. The van der Waals surface area contributed by atoms with Crippen LogP contribution < -0.4 is 14.9 Å². The van der Waals surface area contributed by atoms with Gasteiger partial charge in [-0.1, -0.05) is 75.4 Å². The lowest BCUT2D eigenvalue weighted by Gasteiger charge is -2.19. The van der Waals surface area contributed by atoms with Crippen LogP contribution in [0.1, 0.15) is 43.0 Å². The molecule has 0 amide bonds. The topological polar surface area (TPSA) is 55.2 Å². The van der Waals surface area contributed by atoms with Crippen molar-refractivity contribution < 1.29 is 9.47 Å². The van der Waals surface area contributed by atoms with Crippen molar-refractivity contribution >= 4 is 28.0 Å². The molecule has 0 spiro atoms. The largest absolute Gasteiger partial charge is 0.493 e. The van der Waals surface area contributed by atoms with Crippen molar-refractivity contribution in [3.05, 3.63) is 101 Å². The maximum absolute atomic E-state index is 5.56. The first-order chi connectivity index (χ1) is 16.9. The second kappa shape index (κ2) is 8.91. The van der Waals surface area contributed by atoms with Gasteiger partial charge in [-0.05, 0) is 40.6 Å². The number of fused-ring (bicyclic) bond motifs is 3. The summed E-state index contributed by atoms with van der Waals surface area (Å²) in [5.74, 6) is 2.03. The molecule has 1 heterocycles. The Morgan fingerprint density at radius 1 is 0.743 bits per heavy atom. The Kier molecular flexibility index (Phi) is 5.77. The summed E-state index contributed by atoms with van der Waals surface area (Å²) >= 11 is 0. The molecule has 0 aliphatic carbocycles. The van der Waals surface area contributed by atoms with Crippen LogP contribution in [0.5, 0.6) is 11.5 Å². The van der Waals surface area contributed by atoms with Crippen LogP contribution in [0.3, 0.4) is 0 Å². The lowest BCUT2D eigenvalue weighted by Crippen LogP contribution is -2.20. The molecule has 4 aromatic rings. The Morgan fingerprint density at radius 3 is 2.17 bits per heavy atom. The maximum Gasteiger partial charge on any atom is 0.161 e. The van der Waals surface area contributed by atoms with Gasteiger partial charge in [-0.3, -0.25) is 5.43 Å². The summed E-state index contributed by atoms with van der Waals surface area (Å²) in [7, 11) is 3.27. The standard InChI is InChI=1S/C30H29N3O2/c1-30(2,3)22-14-10-20(11-15-22)29-31-28-23-9-7-6-8-19(23)12-16-24(28)27(32-33-29)21-13-17-25(34-4)26(18-21)35-5/h6-18H,1-5H3,(H,31,33). The van der Waals surface area contributed by atoms with E-state index < -0.39 is 0 Å². The number of ether oxygens (including phenoxy) is 2. The molecule has 1 aliphatic rings. The minimum Gasteiger partial charge on any atom is -0.493 e. The average Bonchev–Trinajstić information content (AvgIpc) is 3.08. The second-order valence-electron chi connectivity index (χ2n) is 9.61. The first-order valence-electron chi connectivity index (χ1n) is 11.7. The molecule has 0 saturated carbocycles. The molecule has 0 aromatic heterocycles. The summed E-state index contributed by atoms with van der Waals surface area (Å²) in [6.45, 7) is 6.64. The van der Waals surface area contributed by atoms with E-state index in [-0.39, 0.29) is 5.41 Å². The van der Waals surface area contributed by atoms with Crippen molar-refractivity contribution in [1.29, 1.82) is 0 Å². The Morgan fingerprint density at radius 2 is 1.46 bits per heavy atom. The van der Waals surface area contributed by atoms with Crippen LogP contribution in [0, 0.1) is 0 Å². The van der Waals surface area contributed by atoms with Gasteiger partial charge >= 0.3 is 0 Å². The van der Waals surface area contributed by atoms with E-state index in [2.05, 4.69) is 74.7 Å².